The van der Waals surface area contributed by atoms with E-state index in [4.69, 9.17) is 5.11 Å². The van der Waals surface area contributed by atoms with Gasteiger partial charge in [0.2, 0.25) is 0 Å². The van der Waals surface area contributed by atoms with Crippen LogP contribution in [0.3, 0.4) is 0 Å². The Balaban J connectivity index is 0.000000220. The van der Waals surface area contributed by atoms with Gasteiger partial charge in [0.05, 0.1) is 6.61 Å². The summed E-state index contributed by atoms with van der Waals surface area (Å²) in [6, 6.07) is 8.50. The molecular weight excluding hydrogens is 1030 g/mol. The molecule has 0 unspecified atom stereocenters. The molecule has 8 heteroatoms. The first-order chi connectivity index (χ1) is 10.3. The van der Waals surface area contributed by atoms with Crippen molar-refractivity contribution in [2.45, 2.75) is 11.9 Å². The summed E-state index contributed by atoms with van der Waals surface area (Å²) in [5.41, 5.74) is 2.39. The summed E-state index contributed by atoms with van der Waals surface area (Å²) in [5, 5.41) is 9.90. The van der Waals surface area contributed by atoms with E-state index >= 15 is 0 Å². The Morgan fingerprint density at radius 1 is 0.727 bits per heavy atom. The lowest BCUT2D eigenvalue weighted by Crippen LogP contribution is -1.92. The second kappa shape index (κ2) is 11.9. The van der Waals surface area contributed by atoms with Gasteiger partial charge in [-0.05, 0) is 171 Å². The zero-order chi connectivity index (χ0) is 16.9. The molecule has 0 bridgehead atoms. The van der Waals surface area contributed by atoms with Crippen molar-refractivity contribution < 1.29 is 5.11 Å². The van der Waals surface area contributed by atoms with Crippen LogP contribution in [0.4, 0.5) is 0 Å². The van der Waals surface area contributed by atoms with Crippen LogP contribution in [0.15, 0.2) is 24.3 Å². The standard InChI is InChI=1S/C7H4BrI3.C7H5I3O/c8-3-4-1-5(9)2-6(10)7(4)11;8-5-1-4(3-11)7(10)6(9)2-5/h1-2H,3H2;1-2,11H,3H2. The van der Waals surface area contributed by atoms with E-state index in [1.807, 2.05) is 6.07 Å². The van der Waals surface area contributed by atoms with Crippen LogP contribution >= 0.6 is 151 Å². The third-order valence-corrected chi connectivity index (χ3v) is 10.6. The third kappa shape index (κ3) is 7.48. The Bertz CT molecular complexity index is 605. The van der Waals surface area contributed by atoms with E-state index in [2.05, 4.69) is 170 Å². The van der Waals surface area contributed by atoms with Crippen LogP contribution < -0.4 is 0 Å². The highest BCUT2D eigenvalue weighted by molar-refractivity contribution is 14.1. The van der Waals surface area contributed by atoms with Gasteiger partial charge < -0.3 is 5.11 Å². The number of benzene rings is 2. The zero-order valence-electron chi connectivity index (χ0n) is 10.8. The monoisotopic (exact) mass is 1030 g/mol. The van der Waals surface area contributed by atoms with E-state index in [0.717, 1.165) is 14.5 Å². The average Bonchev–Trinajstić information content (AvgIpc) is 2.47. The molecule has 0 fully saturated rings. The summed E-state index contributed by atoms with van der Waals surface area (Å²) in [7, 11) is 0. The zero-order valence-corrected chi connectivity index (χ0v) is 25.3. The molecule has 1 nitrogen and oxygen atoms in total. The minimum absolute atomic E-state index is 0.130. The highest BCUT2D eigenvalue weighted by Gasteiger charge is 2.04. The van der Waals surface area contributed by atoms with Crippen LogP contribution in [-0.4, -0.2) is 5.11 Å². The summed E-state index contributed by atoms with van der Waals surface area (Å²) >= 11 is 17.3. The fourth-order valence-corrected chi connectivity index (χ4v) is 7.31. The maximum absolute atomic E-state index is 8.96. The highest BCUT2D eigenvalue weighted by Crippen LogP contribution is 2.24. The molecule has 2 rings (SSSR count). The molecule has 0 aliphatic rings. The number of alkyl halides is 1. The molecule has 0 saturated heterocycles. The number of halogens is 7. The first kappa shape index (κ1) is 23.3. The van der Waals surface area contributed by atoms with Crippen LogP contribution in [0.2, 0.25) is 0 Å². The van der Waals surface area contributed by atoms with Crippen LogP contribution in [0.25, 0.3) is 0 Å². The molecule has 0 aliphatic heterocycles. The molecule has 0 aromatic heterocycles. The lowest BCUT2D eigenvalue weighted by atomic mass is 10.2. The fraction of sp³-hybridized carbons (Fsp3) is 0.143. The predicted molar refractivity (Wildman–Crippen MR) is 148 cm³/mol. The minimum Gasteiger partial charge on any atom is -0.392 e. The highest BCUT2D eigenvalue weighted by atomic mass is 127. The van der Waals surface area contributed by atoms with E-state index in [-0.39, 0.29) is 6.61 Å². The Labute approximate surface area is 220 Å². The molecule has 0 amide bonds. The van der Waals surface area contributed by atoms with Gasteiger partial charge in [-0.2, -0.15) is 0 Å². The lowest BCUT2D eigenvalue weighted by Gasteiger charge is -2.03. The Morgan fingerprint density at radius 3 is 1.55 bits per heavy atom. The molecule has 120 valence electrons. The third-order valence-electron chi connectivity index (χ3n) is 2.45. The predicted octanol–water partition coefficient (Wildman–Crippen LogP) is 7.39. The van der Waals surface area contributed by atoms with Gasteiger partial charge in [0.15, 0.2) is 0 Å². The van der Waals surface area contributed by atoms with Gasteiger partial charge in [-0.3, -0.25) is 0 Å². The first-order valence-corrected chi connectivity index (χ1v) is 13.3. The van der Waals surface area contributed by atoms with Crippen molar-refractivity contribution >= 4 is 151 Å². The summed E-state index contributed by atoms with van der Waals surface area (Å²) < 4.78 is 7.55. The molecule has 2 aromatic rings. The van der Waals surface area contributed by atoms with Gasteiger partial charge in [0.1, 0.15) is 0 Å². The first-order valence-electron chi connectivity index (χ1n) is 5.73. The van der Waals surface area contributed by atoms with Crippen molar-refractivity contribution in [2.24, 2.45) is 0 Å². The summed E-state index contributed by atoms with van der Waals surface area (Å²) in [6.45, 7) is 0.130. The molecule has 2 aromatic carbocycles. The van der Waals surface area contributed by atoms with Crippen LogP contribution in [-0.2, 0) is 11.9 Å². The smallest absolute Gasteiger partial charge is 0.0692 e. The number of aliphatic hydroxyl groups is 1. The second-order valence-corrected chi connectivity index (χ2v) is 11.5. The Hall–Kier alpha value is 3.26. The van der Waals surface area contributed by atoms with E-state index in [9.17, 15) is 0 Å². The van der Waals surface area contributed by atoms with Crippen LogP contribution in [0.1, 0.15) is 11.1 Å². The van der Waals surface area contributed by atoms with E-state index in [1.54, 1.807) is 0 Å². The topological polar surface area (TPSA) is 20.2 Å². The molecular formula is C14H9BrI6O. The summed E-state index contributed by atoms with van der Waals surface area (Å²) in [6.07, 6.45) is 0. The SMILES string of the molecule is BrCc1cc(I)cc(I)c1I.OCc1cc(I)cc(I)c1I. The average molecular weight is 1030 g/mol. The molecule has 0 spiro atoms. The largest absolute Gasteiger partial charge is 0.392 e. The van der Waals surface area contributed by atoms with Crippen molar-refractivity contribution in [2.75, 3.05) is 0 Å². The van der Waals surface area contributed by atoms with Crippen molar-refractivity contribution in [3.8, 4) is 0 Å². The quantitative estimate of drug-likeness (QED) is 0.189. The van der Waals surface area contributed by atoms with E-state index in [1.165, 1.54) is 23.4 Å². The summed E-state index contributed by atoms with van der Waals surface area (Å²) in [5.74, 6) is 0. The summed E-state index contributed by atoms with van der Waals surface area (Å²) in [4.78, 5) is 0. The Kier molecular flexibility index (Phi) is 12.6. The Morgan fingerprint density at radius 2 is 1.14 bits per heavy atom. The number of hydrogen-bond acceptors (Lipinski definition) is 1. The molecule has 0 atom stereocenters. The molecule has 0 radical (unpaired) electrons. The molecule has 0 aliphatic carbocycles. The molecule has 0 saturated carbocycles. The normalized spacial score (nSPS) is 10.2. The van der Waals surface area contributed by atoms with E-state index in [0.29, 0.717) is 0 Å². The van der Waals surface area contributed by atoms with Gasteiger partial charge in [0, 0.05) is 26.8 Å². The number of hydrogen-bond donors (Lipinski definition) is 1. The lowest BCUT2D eigenvalue weighted by molar-refractivity contribution is 0.281. The van der Waals surface area contributed by atoms with Gasteiger partial charge in [0.25, 0.3) is 0 Å². The molecule has 1 N–H and O–H groups in total. The number of aliphatic hydroxyl groups excluding tert-OH is 1. The van der Waals surface area contributed by atoms with Crippen molar-refractivity contribution in [1.29, 1.82) is 0 Å². The van der Waals surface area contributed by atoms with Crippen molar-refractivity contribution in [3.05, 3.63) is 56.8 Å². The van der Waals surface area contributed by atoms with Crippen molar-refractivity contribution in [3.63, 3.8) is 0 Å². The van der Waals surface area contributed by atoms with Crippen LogP contribution in [0.5, 0.6) is 0 Å². The molecule has 22 heavy (non-hydrogen) atoms. The molecule has 0 heterocycles. The van der Waals surface area contributed by atoms with Crippen LogP contribution in [0, 0.1) is 21.4 Å². The minimum atomic E-state index is 0.130. The van der Waals surface area contributed by atoms with Gasteiger partial charge in [-0.25, -0.2) is 0 Å². The second-order valence-electron chi connectivity index (χ2n) is 4.01. The van der Waals surface area contributed by atoms with Crippen molar-refractivity contribution in [1.82, 2.24) is 0 Å². The number of rotatable bonds is 2. The maximum atomic E-state index is 8.96. The maximum Gasteiger partial charge on any atom is 0.0692 e. The van der Waals surface area contributed by atoms with Gasteiger partial charge in [-0.1, -0.05) is 15.9 Å². The fourth-order valence-electron chi connectivity index (χ4n) is 1.43. The van der Waals surface area contributed by atoms with E-state index < -0.39 is 0 Å². The van der Waals surface area contributed by atoms with Gasteiger partial charge >= 0.3 is 0 Å². The van der Waals surface area contributed by atoms with Gasteiger partial charge in [-0.15, -0.1) is 0 Å².